The maximum atomic E-state index is 12.5. The van der Waals surface area contributed by atoms with E-state index in [9.17, 15) is 4.79 Å². The van der Waals surface area contributed by atoms with Gasteiger partial charge in [0.05, 0.1) is 6.54 Å². The van der Waals surface area contributed by atoms with Crippen molar-refractivity contribution in [3.05, 3.63) is 65.4 Å². The van der Waals surface area contributed by atoms with Crippen LogP contribution in [0.1, 0.15) is 23.8 Å². The second-order valence-corrected chi connectivity index (χ2v) is 5.95. The van der Waals surface area contributed by atoms with Crippen molar-refractivity contribution < 1.29 is 9.21 Å². The van der Waals surface area contributed by atoms with E-state index in [1.54, 1.807) is 11.9 Å². The summed E-state index contributed by atoms with van der Waals surface area (Å²) in [6, 6.07) is 15.6. The fourth-order valence-electron chi connectivity index (χ4n) is 2.84. The number of benzene rings is 2. The minimum absolute atomic E-state index is 0.128. The van der Waals surface area contributed by atoms with Crippen molar-refractivity contribution in [1.29, 1.82) is 0 Å². The molecule has 0 aliphatic carbocycles. The molecule has 1 aromatic heterocycles. The minimum atomic E-state index is -0.128. The van der Waals surface area contributed by atoms with Crippen LogP contribution in [-0.2, 0) is 13.0 Å². The van der Waals surface area contributed by atoms with Gasteiger partial charge in [0.2, 0.25) is 0 Å². The van der Waals surface area contributed by atoms with Gasteiger partial charge < -0.3 is 14.6 Å². The molecule has 0 saturated carbocycles. The standard InChI is InChI=1S/C20H22N2O2/c1-4-18-16(15-10-6-8-12-19(15)24-18)13-22(3)20(23)21-17-11-7-5-9-14(17)2/h5-12H,4,13H2,1-3H3,(H,21,23). The van der Waals surface area contributed by atoms with Crippen LogP contribution in [0, 0.1) is 6.92 Å². The first-order valence-corrected chi connectivity index (χ1v) is 8.17. The van der Waals surface area contributed by atoms with E-state index in [1.807, 2.05) is 55.5 Å². The maximum Gasteiger partial charge on any atom is 0.321 e. The summed E-state index contributed by atoms with van der Waals surface area (Å²) in [5.41, 5.74) is 3.83. The topological polar surface area (TPSA) is 45.5 Å². The summed E-state index contributed by atoms with van der Waals surface area (Å²) in [6.07, 6.45) is 0.803. The van der Waals surface area contributed by atoms with Crippen molar-refractivity contribution in [2.75, 3.05) is 12.4 Å². The average Bonchev–Trinajstić information content (AvgIpc) is 2.94. The molecule has 24 heavy (non-hydrogen) atoms. The number of nitrogens with zero attached hydrogens (tertiary/aromatic N) is 1. The molecule has 0 saturated heterocycles. The van der Waals surface area contributed by atoms with E-state index < -0.39 is 0 Å². The predicted octanol–water partition coefficient (Wildman–Crippen LogP) is 4.97. The smallest absolute Gasteiger partial charge is 0.321 e. The van der Waals surface area contributed by atoms with Crippen LogP contribution < -0.4 is 5.32 Å². The Morgan fingerprint density at radius 2 is 1.83 bits per heavy atom. The lowest BCUT2D eigenvalue weighted by Crippen LogP contribution is -2.31. The Labute approximate surface area is 142 Å². The number of hydrogen-bond donors (Lipinski definition) is 1. The van der Waals surface area contributed by atoms with E-state index in [0.717, 1.165) is 40.0 Å². The van der Waals surface area contributed by atoms with Crippen LogP contribution in [0.3, 0.4) is 0 Å². The number of urea groups is 1. The molecule has 0 unspecified atom stereocenters. The average molecular weight is 322 g/mol. The molecular formula is C20H22N2O2. The van der Waals surface area contributed by atoms with E-state index in [2.05, 4.69) is 12.2 Å². The Balaban J connectivity index is 1.81. The number of furan rings is 1. The number of anilines is 1. The third-order valence-corrected chi connectivity index (χ3v) is 4.23. The van der Waals surface area contributed by atoms with Gasteiger partial charge in [-0.1, -0.05) is 43.3 Å². The molecule has 0 spiro atoms. The number of carbonyl (C=O) groups is 1. The van der Waals surface area contributed by atoms with Gasteiger partial charge in [-0.3, -0.25) is 0 Å². The van der Waals surface area contributed by atoms with Crippen LogP contribution in [0.4, 0.5) is 10.5 Å². The molecule has 0 fully saturated rings. The van der Waals surface area contributed by atoms with Gasteiger partial charge in [0.1, 0.15) is 11.3 Å². The minimum Gasteiger partial charge on any atom is -0.461 e. The van der Waals surface area contributed by atoms with Gasteiger partial charge in [0, 0.05) is 30.1 Å². The van der Waals surface area contributed by atoms with Crippen molar-refractivity contribution >= 4 is 22.7 Å². The molecule has 0 aliphatic heterocycles. The van der Waals surface area contributed by atoms with Crippen molar-refractivity contribution in [1.82, 2.24) is 4.90 Å². The highest BCUT2D eigenvalue weighted by molar-refractivity contribution is 5.90. The first-order valence-electron chi connectivity index (χ1n) is 8.17. The molecule has 4 nitrogen and oxygen atoms in total. The number of fused-ring (bicyclic) bond motifs is 1. The van der Waals surface area contributed by atoms with Crippen molar-refractivity contribution in [3.8, 4) is 0 Å². The Hall–Kier alpha value is -2.75. The largest absolute Gasteiger partial charge is 0.461 e. The number of hydrogen-bond acceptors (Lipinski definition) is 2. The van der Waals surface area contributed by atoms with Crippen molar-refractivity contribution in [2.45, 2.75) is 26.8 Å². The molecule has 2 aromatic carbocycles. The van der Waals surface area contributed by atoms with E-state index in [0.29, 0.717) is 6.54 Å². The molecule has 3 aromatic rings. The zero-order valence-electron chi connectivity index (χ0n) is 14.3. The summed E-state index contributed by atoms with van der Waals surface area (Å²) in [5, 5.41) is 4.04. The maximum absolute atomic E-state index is 12.5. The van der Waals surface area contributed by atoms with E-state index >= 15 is 0 Å². The molecule has 0 aliphatic rings. The first-order chi connectivity index (χ1) is 11.6. The van der Waals surface area contributed by atoms with Gasteiger partial charge >= 0.3 is 6.03 Å². The van der Waals surface area contributed by atoms with Crippen LogP contribution in [0.2, 0.25) is 0 Å². The molecule has 1 heterocycles. The Bertz CT molecular complexity index is 867. The van der Waals surface area contributed by atoms with Gasteiger partial charge in [-0.05, 0) is 24.6 Å². The molecule has 0 atom stereocenters. The van der Waals surface area contributed by atoms with Gasteiger partial charge in [-0.2, -0.15) is 0 Å². The van der Waals surface area contributed by atoms with Gasteiger partial charge in [0.15, 0.2) is 0 Å². The summed E-state index contributed by atoms with van der Waals surface area (Å²) in [6.45, 7) is 4.56. The SMILES string of the molecule is CCc1oc2ccccc2c1CN(C)C(=O)Nc1ccccc1C. The second kappa shape index (κ2) is 6.79. The highest BCUT2D eigenvalue weighted by Gasteiger charge is 2.17. The molecule has 3 rings (SSSR count). The highest BCUT2D eigenvalue weighted by Crippen LogP contribution is 2.27. The summed E-state index contributed by atoms with van der Waals surface area (Å²) < 4.78 is 5.91. The van der Waals surface area contributed by atoms with Crippen LogP contribution in [0.15, 0.2) is 52.9 Å². The van der Waals surface area contributed by atoms with Crippen molar-refractivity contribution in [2.24, 2.45) is 0 Å². The summed E-state index contributed by atoms with van der Waals surface area (Å²) in [4.78, 5) is 14.2. The highest BCUT2D eigenvalue weighted by atomic mass is 16.3. The van der Waals surface area contributed by atoms with Crippen LogP contribution in [0.5, 0.6) is 0 Å². The molecule has 124 valence electrons. The Morgan fingerprint density at radius 3 is 2.58 bits per heavy atom. The number of carbonyl (C=O) groups excluding carboxylic acids is 1. The Kier molecular flexibility index (Phi) is 4.56. The summed E-state index contributed by atoms with van der Waals surface area (Å²) >= 11 is 0. The van der Waals surface area contributed by atoms with E-state index in [-0.39, 0.29) is 6.03 Å². The lowest BCUT2D eigenvalue weighted by atomic mass is 10.1. The van der Waals surface area contributed by atoms with Crippen LogP contribution in [-0.4, -0.2) is 18.0 Å². The first kappa shape index (κ1) is 16.1. The zero-order chi connectivity index (χ0) is 17.1. The molecule has 2 amide bonds. The Morgan fingerprint density at radius 1 is 1.12 bits per heavy atom. The molecule has 1 N–H and O–H groups in total. The third-order valence-electron chi connectivity index (χ3n) is 4.23. The lowest BCUT2D eigenvalue weighted by molar-refractivity contribution is 0.220. The van der Waals surface area contributed by atoms with Crippen LogP contribution in [0.25, 0.3) is 11.0 Å². The fraction of sp³-hybridized carbons (Fsp3) is 0.250. The number of nitrogens with one attached hydrogen (secondary N) is 1. The van der Waals surface area contributed by atoms with Crippen LogP contribution >= 0.6 is 0 Å². The molecular weight excluding hydrogens is 300 g/mol. The number of amides is 2. The predicted molar refractivity (Wildman–Crippen MR) is 97.3 cm³/mol. The number of aryl methyl sites for hydroxylation is 2. The van der Waals surface area contributed by atoms with Gasteiger partial charge in [0.25, 0.3) is 0 Å². The molecule has 0 bridgehead atoms. The second-order valence-electron chi connectivity index (χ2n) is 5.95. The van der Waals surface area contributed by atoms with E-state index in [1.165, 1.54) is 0 Å². The molecule has 0 radical (unpaired) electrons. The van der Waals surface area contributed by atoms with E-state index in [4.69, 9.17) is 4.42 Å². The number of rotatable bonds is 4. The van der Waals surface area contributed by atoms with Crippen molar-refractivity contribution in [3.63, 3.8) is 0 Å². The summed E-state index contributed by atoms with van der Waals surface area (Å²) in [7, 11) is 1.80. The number of para-hydroxylation sites is 2. The normalized spacial score (nSPS) is 10.8. The monoisotopic (exact) mass is 322 g/mol. The lowest BCUT2D eigenvalue weighted by Gasteiger charge is -2.19. The van der Waals surface area contributed by atoms with Gasteiger partial charge in [-0.15, -0.1) is 0 Å². The summed E-state index contributed by atoms with van der Waals surface area (Å²) in [5.74, 6) is 0.937. The zero-order valence-corrected chi connectivity index (χ0v) is 14.3. The molecule has 4 heteroatoms. The quantitative estimate of drug-likeness (QED) is 0.737. The third kappa shape index (κ3) is 3.13. The fourth-order valence-corrected chi connectivity index (χ4v) is 2.84. The van der Waals surface area contributed by atoms with Gasteiger partial charge in [-0.25, -0.2) is 4.79 Å².